The Bertz CT molecular complexity index is 515. The summed E-state index contributed by atoms with van der Waals surface area (Å²) in [5.41, 5.74) is 1.06. The normalized spacial score (nSPS) is 21.3. The lowest BCUT2D eigenvalue weighted by Crippen LogP contribution is -2.45. The minimum atomic E-state index is -0.970. The third-order valence-electron chi connectivity index (χ3n) is 3.98. The molecule has 0 aromatic heterocycles. The summed E-state index contributed by atoms with van der Waals surface area (Å²) in [5, 5.41) is 21.0. The average Bonchev–Trinajstić information content (AvgIpc) is 2.86. The van der Waals surface area contributed by atoms with Crippen molar-refractivity contribution in [1.82, 2.24) is 10.2 Å². The predicted molar refractivity (Wildman–Crippen MR) is 77.0 cm³/mol. The molecule has 6 nitrogen and oxygen atoms in total. The lowest BCUT2D eigenvalue weighted by atomic mass is 10.0. The molecule has 6 heteroatoms. The molecule has 0 radical (unpaired) electrons. The Labute approximate surface area is 123 Å². The van der Waals surface area contributed by atoms with Crippen molar-refractivity contribution in [3.05, 3.63) is 35.4 Å². The number of hydrogen-bond acceptors (Lipinski definition) is 3. The molecule has 1 aromatic rings. The number of carbonyl (C=O) groups excluding carboxylic acids is 1. The third kappa shape index (κ3) is 3.52. The molecule has 1 aromatic carbocycles. The predicted octanol–water partition coefficient (Wildman–Crippen LogP) is 1.30. The number of rotatable bonds is 4. The second kappa shape index (κ2) is 6.58. The highest BCUT2D eigenvalue weighted by Crippen LogP contribution is 2.23. The number of nitrogens with one attached hydrogen (secondary N) is 1. The molecule has 1 aliphatic rings. The van der Waals surface area contributed by atoms with Crippen LogP contribution in [0.3, 0.4) is 0 Å². The van der Waals surface area contributed by atoms with E-state index in [1.54, 1.807) is 17.0 Å². The first-order chi connectivity index (χ1) is 10.0. The number of likely N-dealkylation sites (tertiary alicyclic amines) is 1. The van der Waals surface area contributed by atoms with Crippen molar-refractivity contribution >= 4 is 12.0 Å². The maximum atomic E-state index is 12.1. The molecule has 2 rings (SSSR count). The fourth-order valence-corrected chi connectivity index (χ4v) is 2.58. The molecule has 2 unspecified atom stereocenters. The van der Waals surface area contributed by atoms with E-state index in [0.717, 1.165) is 12.0 Å². The molecule has 0 saturated carbocycles. The van der Waals surface area contributed by atoms with Crippen LogP contribution >= 0.6 is 0 Å². The van der Waals surface area contributed by atoms with Gasteiger partial charge in [0.1, 0.15) is 0 Å². The van der Waals surface area contributed by atoms with E-state index >= 15 is 0 Å². The summed E-state index contributed by atoms with van der Waals surface area (Å²) < 4.78 is 0. The molecular weight excluding hydrogens is 272 g/mol. The smallest absolute Gasteiger partial charge is 0.335 e. The summed E-state index contributed by atoms with van der Waals surface area (Å²) in [7, 11) is 0. The number of carbonyl (C=O) groups is 2. The number of carboxylic acids is 1. The molecule has 21 heavy (non-hydrogen) atoms. The van der Waals surface area contributed by atoms with Gasteiger partial charge in [-0.25, -0.2) is 9.59 Å². The quantitative estimate of drug-likeness (QED) is 0.780. The summed E-state index contributed by atoms with van der Waals surface area (Å²) in [5.74, 6) is -0.668. The minimum absolute atomic E-state index is 0.0259. The van der Waals surface area contributed by atoms with Crippen LogP contribution in [0.15, 0.2) is 24.3 Å². The molecular formula is C15H20N2O4. The summed E-state index contributed by atoms with van der Waals surface area (Å²) in [4.78, 5) is 24.5. The van der Waals surface area contributed by atoms with Crippen LogP contribution in [-0.4, -0.2) is 46.3 Å². The third-order valence-corrected chi connectivity index (χ3v) is 3.98. The molecule has 1 heterocycles. The second-order valence-electron chi connectivity index (χ2n) is 5.37. The molecule has 2 atom stereocenters. The van der Waals surface area contributed by atoms with Crippen molar-refractivity contribution in [2.24, 2.45) is 5.92 Å². The van der Waals surface area contributed by atoms with Crippen molar-refractivity contribution in [1.29, 1.82) is 0 Å². The van der Waals surface area contributed by atoms with Crippen LogP contribution in [-0.2, 0) is 6.54 Å². The topological polar surface area (TPSA) is 89.9 Å². The first-order valence-corrected chi connectivity index (χ1v) is 7.00. The zero-order chi connectivity index (χ0) is 15.4. The highest BCUT2D eigenvalue weighted by molar-refractivity contribution is 5.87. The number of hydrogen-bond donors (Lipinski definition) is 3. The Hall–Kier alpha value is -2.08. The molecule has 114 valence electrons. The highest BCUT2D eigenvalue weighted by atomic mass is 16.4. The molecule has 2 amide bonds. The van der Waals surface area contributed by atoms with E-state index in [0.29, 0.717) is 19.0 Å². The fourth-order valence-electron chi connectivity index (χ4n) is 2.58. The number of amides is 2. The van der Waals surface area contributed by atoms with Crippen LogP contribution in [0.2, 0.25) is 0 Å². The van der Waals surface area contributed by atoms with E-state index in [1.165, 1.54) is 12.1 Å². The zero-order valence-electron chi connectivity index (χ0n) is 12.0. The number of benzene rings is 1. The highest BCUT2D eigenvalue weighted by Gasteiger charge is 2.33. The van der Waals surface area contributed by atoms with Gasteiger partial charge in [-0.05, 0) is 30.0 Å². The summed E-state index contributed by atoms with van der Waals surface area (Å²) in [6.45, 7) is 2.98. The zero-order valence-corrected chi connectivity index (χ0v) is 12.0. The first kappa shape index (κ1) is 15.3. The molecule has 1 aliphatic heterocycles. The standard InChI is InChI=1S/C15H20N2O4/c1-10-6-7-17(13(10)9-18)15(21)16-8-11-2-4-12(5-3-11)14(19)20/h2-5,10,13,18H,6-9H2,1H3,(H,16,21)(H,19,20). The van der Waals surface area contributed by atoms with E-state index in [2.05, 4.69) is 5.32 Å². The lowest BCUT2D eigenvalue weighted by molar-refractivity contribution is 0.0697. The number of nitrogens with zero attached hydrogens (tertiary/aromatic N) is 1. The van der Waals surface area contributed by atoms with E-state index in [-0.39, 0.29) is 24.2 Å². The Morgan fingerprint density at radius 3 is 2.57 bits per heavy atom. The average molecular weight is 292 g/mol. The number of urea groups is 1. The van der Waals surface area contributed by atoms with Crippen LogP contribution in [0.25, 0.3) is 0 Å². The van der Waals surface area contributed by atoms with Crippen LogP contribution in [0, 0.1) is 5.92 Å². The molecule has 0 aliphatic carbocycles. The SMILES string of the molecule is CC1CCN(C(=O)NCc2ccc(C(=O)O)cc2)C1CO. The van der Waals surface area contributed by atoms with Gasteiger partial charge < -0.3 is 20.4 Å². The van der Waals surface area contributed by atoms with Crippen LogP contribution in [0.5, 0.6) is 0 Å². The Morgan fingerprint density at radius 2 is 2.00 bits per heavy atom. The van der Waals surface area contributed by atoms with E-state index < -0.39 is 5.97 Å². The Balaban J connectivity index is 1.90. The molecule has 0 spiro atoms. The van der Waals surface area contributed by atoms with Gasteiger partial charge in [-0.2, -0.15) is 0 Å². The summed E-state index contributed by atoms with van der Waals surface area (Å²) in [6.07, 6.45) is 0.895. The minimum Gasteiger partial charge on any atom is -0.478 e. The van der Waals surface area contributed by atoms with Crippen molar-refractivity contribution in [2.45, 2.75) is 25.9 Å². The van der Waals surface area contributed by atoms with Crippen molar-refractivity contribution in [2.75, 3.05) is 13.2 Å². The van der Waals surface area contributed by atoms with Gasteiger partial charge in [0, 0.05) is 13.1 Å². The van der Waals surface area contributed by atoms with Crippen LogP contribution < -0.4 is 5.32 Å². The maximum absolute atomic E-state index is 12.1. The van der Waals surface area contributed by atoms with Crippen molar-refractivity contribution in [3.8, 4) is 0 Å². The monoisotopic (exact) mass is 292 g/mol. The van der Waals surface area contributed by atoms with Crippen LogP contribution in [0.1, 0.15) is 29.3 Å². The Kier molecular flexibility index (Phi) is 4.80. The van der Waals surface area contributed by atoms with E-state index in [1.807, 2.05) is 6.92 Å². The molecule has 3 N–H and O–H groups in total. The van der Waals surface area contributed by atoms with E-state index in [4.69, 9.17) is 5.11 Å². The van der Waals surface area contributed by atoms with Gasteiger partial charge in [0.15, 0.2) is 0 Å². The van der Waals surface area contributed by atoms with Gasteiger partial charge in [-0.3, -0.25) is 0 Å². The van der Waals surface area contributed by atoms with Gasteiger partial charge in [0.2, 0.25) is 0 Å². The molecule has 1 fully saturated rings. The summed E-state index contributed by atoms with van der Waals surface area (Å²) >= 11 is 0. The van der Waals surface area contributed by atoms with Gasteiger partial charge in [0.05, 0.1) is 18.2 Å². The lowest BCUT2D eigenvalue weighted by Gasteiger charge is -2.25. The number of aliphatic hydroxyl groups is 1. The van der Waals surface area contributed by atoms with Gasteiger partial charge in [-0.1, -0.05) is 19.1 Å². The van der Waals surface area contributed by atoms with Gasteiger partial charge >= 0.3 is 12.0 Å². The van der Waals surface area contributed by atoms with Gasteiger partial charge in [-0.15, -0.1) is 0 Å². The van der Waals surface area contributed by atoms with Crippen molar-refractivity contribution in [3.63, 3.8) is 0 Å². The molecule has 0 bridgehead atoms. The van der Waals surface area contributed by atoms with Gasteiger partial charge in [0.25, 0.3) is 0 Å². The maximum Gasteiger partial charge on any atom is 0.335 e. The number of carboxylic acid groups (broad SMARTS) is 1. The largest absolute Gasteiger partial charge is 0.478 e. The fraction of sp³-hybridized carbons (Fsp3) is 0.467. The van der Waals surface area contributed by atoms with E-state index in [9.17, 15) is 14.7 Å². The molecule has 1 saturated heterocycles. The van der Waals surface area contributed by atoms with Crippen molar-refractivity contribution < 1.29 is 19.8 Å². The summed E-state index contributed by atoms with van der Waals surface area (Å²) in [6, 6.07) is 6.07. The first-order valence-electron chi connectivity index (χ1n) is 7.00. The Morgan fingerprint density at radius 1 is 1.33 bits per heavy atom. The number of aliphatic hydroxyl groups excluding tert-OH is 1. The van der Waals surface area contributed by atoms with Crippen LogP contribution in [0.4, 0.5) is 4.79 Å². The second-order valence-corrected chi connectivity index (χ2v) is 5.37. The number of aromatic carboxylic acids is 1.